The molecule has 1 atom stereocenters. The summed E-state index contributed by atoms with van der Waals surface area (Å²) in [4.78, 5) is 31.1. The van der Waals surface area contributed by atoms with Gasteiger partial charge in [-0.1, -0.05) is 12.8 Å². The standard InChI is InChI=1S/C16H24N2O3S/c1-16(2,3)21-15(20)18-8-6-4-5-7-12(18)9-13(19)14-10-17-11-22-14/h10-12H,4-9H2,1-3H3. The molecule has 0 bridgehead atoms. The largest absolute Gasteiger partial charge is 0.444 e. The van der Waals surface area contributed by atoms with Gasteiger partial charge in [0, 0.05) is 25.2 Å². The molecule has 22 heavy (non-hydrogen) atoms. The van der Waals surface area contributed by atoms with E-state index in [4.69, 9.17) is 4.74 Å². The van der Waals surface area contributed by atoms with E-state index in [-0.39, 0.29) is 17.9 Å². The third-order valence-electron chi connectivity index (χ3n) is 3.63. The molecule has 0 spiro atoms. The highest BCUT2D eigenvalue weighted by atomic mass is 32.1. The van der Waals surface area contributed by atoms with Crippen molar-refractivity contribution >= 4 is 23.2 Å². The molecule has 1 saturated heterocycles. The van der Waals surface area contributed by atoms with Crippen molar-refractivity contribution in [1.29, 1.82) is 0 Å². The van der Waals surface area contributed by atoms with Crippen molar-refractivity contribution in [2.45, 2.75) is 64.5 Å². The van der Waals surface area contributed by atoms with Crippen molar-refractivity contribution in [2.75, 3.05) is 6.54 Å². The number of rotatable bonds is 3. The molecule has 1 aliphatic heterocycles. The number of ketones is 1. The van der Waals surface area contributed by atoms with Gasteiger partial charge in [0.15, 0.2) is 5.78 Å². The van der Waals surface area contributed by atoms with Crippen LogP contribution in [0.5, 0.6) is 0 Å². The van der Waals surface area contributed by atoms with Crippen LogP contribution in [0.25, 0.3) is 0 Å². The maximum Gasteiger partial charge on any atom is 0.410 e. The summed E-state index contributed by atoms with van der Waals surface area (Å²) in [6.45, 7) is 6.25. The second-order valence-corrected chi connectivity index (χ2v) is 7.56. The SMILES string of the molecule is CC(C)(C)OC(=O)N1CCCCCC1CC(=O)c1cncs1. The molecule has 0 N–H and O–H groups in total. The highest BCUT2D eigenvalue weighted by Crippen LogP contribution is 2.24. The van der Waals surface area contributed by atoms with Crippen molar-refractivity contribution < 1.29 is 14.3 Å². The highest BCUT2D eigenvalue weighted by molar-refractivity contribution is 7.11. The highest BCUT2D eigenvalue weighted by Gasteiger charge is 2.31. The summed E-state index contributed by atoms with van der Waals surface area (Å²) >= 11 is 1.35. The molecule has 2 rings (SSSR count). The minimum Gasteiger partial charge on any atom is -0.444 e. The van der Waals surface area contributed by atoms with Gasteiger partial charge in [-0.3, -0.25) is 9.78 Å². The molecule has 0 saturated carbocycles. The van der Waals surface area contributed by atoms with Crippen LogP contribution in [0.15, 0.2) is 11.7 Å². The first-order valence-corrected chi connectivity index (χ1v) is 8.66. The Morgan fingerprint density at radius 1 is 1.36 bits per heavy atom. The summed E-state index contributed by atoms with van der Waals surface area (Å²) in [6, 6.07) is -0.0769. The minimum atomic E-state index is -0.518. The van der Waals surface area contributed by atoms with Crippen LogP contribution in [0.2, 0.25) is 0 Å². The van der Waals surface area contributed by atoms with Crippen molar-refractivity contribution in [3.05, 3.63) is 16.6 Å². The van der Waals surface area contributed by atoms with Crippen molar-refractivity contribution in [3.8, 4) is 0 Å². The van der Waals surface area contributed by atoms with E-state index in [1.165, 1.54) is 11.3 Å². The van der Waals surface area contributed by atoms with Crippen LogP contribution >= 0.6 is 11.3 Å². The lowest BCUT2D eigenvalue weighted by Crippen LogP contribution is -2.44. The summed E-state index contributed by atoms with van der Waals surface area (Å²) < 4.78 is 5.50. The number of Topliss-reactive ketones (excluding diaryl/α,β-unsaturated/α-hetero) is 1. The zero-order valence-corrected chi connectivity index (χ0v) is 14.3. The van der Waals surface area contributed by atoms with Crippen LogP contribution in [-0.2, 0) is 4.74 Å². The molecule has 0 radical (unpaired) electrons. The maximum atomic E-state index is 12.4. The number of ether oxygens (including phenoxy) is 1. The lowest BCUT2D eigenvalue weighted by atomic mass is 10.0. The number of carbonyl (C=O) groups excluding carboxylic acids is 2. The van der Waals surface area contributed by atoms with E-state index >= 15 is 0 Å². The number of nitrogens with zero attached hydrogens (tertiary/aromatic N) is 2. The van der Waals surface area contributed by atoms with Gasteiger partial charge in [-0.2, -0.15) is 0 Å². The summed E-state index contributed by atoms with van der Waals surface area (Å²) in [5.74, 6) is 0.0583. The normalized spacial score (nSPS) is 19.6. The Bertz CT molecular complexity index is 508. The predicted octanol–water partition coefficient (Wildman–Crippen LogP) is 3.90. The molecule has 1 aromatic heterocycles. The molecule has 1 aliphatic rings. The first-order chi connectivity index (χ1) is 10.4. The first-order valence-electron chi connectivity index (χ1n) is 7.78. The second kappa shape index (κ2) is 7.22. The van der Waals surface area contributed by atoms with Crippen LogP contribution in [0.1, 0.15) is 62.5 Å². The van der Waals surface area contributed by atoms with Gasteiger partial charge >= 0.3 is 6.09 Å². The van der Waals surface area contributed by atoms with Crippen molar-refractivity contribution in [2.24, 2.45) is 0 Å². The third-order valence-corrected chi connectivity index (χ3v) is 4.45. The van der Waals surface area contributed by atoms with Gasteiger partial charge in [-0.05, 0) is 33.6 Å². The fourth-order valence-corrected chi connectivity index (χ4v) is 3.19. The maximum absolute atomic E-state index is 12.4. The molecule has 6 heteroatoms. The van der Waals surface area contributed by atoms with E-state index in [0.717, 1.165) is 25.7 Å². The number of thiazole rings is 1. The first kappa shape index (κ1) is 16.9. The van der Waals surface area contributed by atoms with Gasteiger partial charge in [0.05, 0.1) is 10.4 Å². The number of carbonyl (C=O) groups is 2. The molecule has 1 amide bonds. The molecule has 1 fully saturated rings. The van der Waals surface area contributed by atoms with Gasteiger partial charge < -0.3 is 9.64 Å². The second-order valence-electron chi connectivity index (χ2n) is 6.67. The lowest BCUT2D eigenvalue weighted by Gasteiger charge is -2.32. The van der Waals surface area contributed by atoms with E-state index in [1.807, 2.05) is 20.8 Å². The van der Waals surface area contributed by atoms with E-state index in [0.29, 0.717) is 17.8 Å². The van der Waals surface area contributed by atoms with Crippen molar-refractivity contribution in [1.82, 2.24) is 9.88 Å². The molecule has 1 aromatic rings. The van der Waals surface area contributed by atoms with E-state index in [2.05, 4.69) is 4.98 Å². The van der Waals surface area contributed by atoms with Gasteiger partial charge in [0.1, 0.15) is 5.60 Å². The fourth-order valence-electron chi connectivity index (χ4n) is 2.62. The topological polar surface area (TPSA) is 59.5 Å². The Balaban J connectivity index is 2.07. The molecule has 5 nitrogen and oxygen atoms in total. The third kappa shape index (κ3) is 4.80. The van der Waals surface area contributed by atoms with Crippen LogP contribution in [0.3, 0.4) is 0 Å². The van der Waals surface area contributed by atoms with Gasteiger partial charge in [0.2, 0.25) is 0 Å². The van der Waals surface area contributed by atoms with E-state index < -0.39 is 5.60 Å². The monoisotopic (exact) mass is 324 g/mol. The van der Waals surface area contributed by atoms with Crippen molar-refractivity contribution in [3.63, 3.8) is 0 Å². The fraction of sp³-hybridized carbons (Fsp3) is 0.688. The van der Waals surface area contributed by atoms with Gasteiger partial charge in [0.25, 0.3) is 0 Å². The molecule has 1 unspecified atom stereocenters. The van der Waals surface area contributed by atoms with Gasteiger partial charge in [-0.25, -0.2) is 4.79 Å². The molecular formula is C16H24N2O3S. The van der Waals surface area contributed by atoms with Gasteiger partial charge in [-0.15, -0.1) is 11.3 Å². The molecule has 0 aliphatic carbocycles. The number of hydrogen-bond acceptors (Lipinski definition) is 5. The Morgan fingerprint density at radius 2 is 2.14 bits per heavy atom. The molecule has 122 valence electrons. The molecule has 2 heterocycles. The van der Waals surface area contributed by atoms with Crippen LogP contribution in [0, 0.1) is 0 Å². The number of aromatic nitrogens is 1. The smallest absolute Gasteiger partial charge is 0.410 e. The average molecular weight is 324 g/mol. The zero-order valence-electron chi connectivity index (χ0n) is 13.5. The van der Waals surface area contributed by atoms with E-state index in [1.54, 1.807) is 16.6 Å². The summed E-state index contributed by atoms with van der Waals surface area (Å²) in [7, 11) is 0. The Hall–Kier alpha value is -1.43. The summed E-state index contributed by atoms with van der Waals surface area (Å²) in [6.07, 6.45) is 5.58. The Kier molecular flexibility index (Phi) is 5.56. The molecular weight excluding hydrogens is 300 g/mol. The molecule has 0 aromatic carbocycles. The summed E-state index contributed by atoms with van der Waals surface area (Å²) in [5, 5.41) is 0. The Morgan fingerprint density at radius 3 is 2.77 bits per heavy atom. The lowest BCUT2D eigenvalue weighted by molar-refractivity contribution is 0.0162. The summed E-state index contributed by atoms with van der Waals surface area (Å²) in [5.41, 5.74) is 1.14. The van der Waals surface area contributed by atoms with Crippen LogP contribution in [0.4, 0.5) is 4.79 Å². The number of likely N-dealkylation sites (tertiary alicyclic amines) is 1. The quantitative estimate of drug-likeness (QED) is 0.791. The zero-order chi connectivity index (χ0) is 16.2. The number of amides is 1. The van der Waals surface area contributed by atoms with E-state index in [9.17, 15) is 9.59 Å². The number of hydrogen-bond donors (Lipinski definition) is 0. The minimum absolute atomic E-state index is 0.0583. The average Bonchev–Trinajstić information content (AvgIpc) is 2.84. The van der Waals surface area contributed by atoms with Crippen LogP contribution < -0.4 is 0 Å². The van der Waals surface area contributed by atoms with Crippen LogP contribution in [-0.4, -0.2) is 39.9 Å². The predicted molar refractivity (Wildman–Crippen MR) is 86.3 cm³/mol. The Labute approximate surface area is 135 Å².